The van der Waals surface area contributed by atoms with Crippen molar-refractivity contribution in [1.82, 2.24) is 14.8 Å². The second-order valence-electron chi connectivity index (χ2n) is 5.63. The molecule has 0 radical (unpaired) electrons. The molecule has 1 aromatic carbocycles. The van der Waals surface area contributed by atoms with E-state index in [-0.39, 0.29) is 6.04 Å². The Balaban J connectivity index is 1.99. The number of likely N-dealkylation sites (N-methyl/N-ethyl adjacent to an activating group) is 1. The molecule has 3 rings (SSSR count). The van der Waals surface area contributed by atoms with E-state index in [9.17, 15) is 0 Å². The first-order valence-electron chi connectivity index (χ1n) is 7.36. The summed E-state index contributed by atoms with van der Waals surface area (Å²) in [5, 5.41) is 1.75. The first-order valence-corrected chi connectivity index (χ1v) is 7.74. The maximum absolute atomic E-state index is 6.29. The van der Waals surface area contributed by atoms with E-state index in [1.807, 2.05) is 24.4 Å². The molecule has 0 spiro atoms. The SMILES string of the molecule is CN1CCN(C(CN)c2ccc(Cl)c3cccnc23)CC1. The third-order valence-corrected chi connectivity index (χ3v) is 4.64. The van der Waals surface area contributed by atoms with Crippen molar-refractivity contribution in [3.05, 3.63) is 41.0 Å². The van der Waals surface area contributed by atoms with Gasteiger partial charge >= 0.3 is 0 Å². The number of rotatable bonds is 3. The van der Waals surface area contributed by atoms with Gasteiger partial charge in [-0.1, -0.05) is 17.7 Å². The van der Waals surface area contributed by atoms with Gasteiger partial charge in [0.1, 0.15) is 0 Å². The van der Waals surface area contributed by atoms with Gasteiger partial charge in [0.25, 0.3) is 0 Å². The van der Waals surface area contributed by atoms with Gasteiger partial charge in [-0.2, -0.15) is 0 Å². The van der Waals surface area contributed by atoms with E-state index in [0.29, 0.717) is 6.54 Å². The minimum Gasteiger partial charge on any atom is -0.329 e. The van der Waals surface area contributed by atoms with Crippen LogP contribution in [0, 0.1) is 0 Å². The van der Waals surface area contributed by atoms with Crippen molar-refractivity contribution in [2.75, 3.05) is 39.8 Å². The van der Waals surface area contributed by atoms with Crippen LogP contribution in [0.2, 0.25) is 5.02 Å². The van der Waals surface area contributed by atoms with Gasteiger partial charge in [0.2, 0.25) is 0 Å². The number of pyridine rings is 1. The molecule has 0 aliphatic carbocycles. The van der Waals surface area contributed by atoms with Crippen LogP contribution in [-0.4, -0.2) is 54.6 Å². The van der Waals surface area contributed by atoms with Crippen molar-refractivity contribution in [3.8, 4) is 0 Å². The van der Waals surface area contributed by atoms with Crippen LogP contribution in [-0.2, 0) is 0 Å². The molecule has 21 heavy (non-hydrogen) atoms. The number of hydrogen-bond acceptors (Lipinski definition) is 4. The smallest absolute Gasteiger partial charge is 0.0765 e. The first kappa shape index (κ1) is 14.7. The Morgan fingerprint density at radius 3 is 2.71 bits per heavy atom. The molecule has 1 aromatic heterocycles. The first-order chi connectivity index (χ1) is 10.2. The van der Waals surface area contributed by atoms with E-state index < -0.39 is 0 Å². The fourth-order valence-electron chi connectivity index (χ4n) is 3.03. The van der Waals surface area contributed by atoms with E-state index in [0.717, 1.165) is 42.1 Å². The Labute approximate surface area is 130 Å². The van der Waals surface area contributed by atoms with Crippen LogP contribution in [0.4, 0.5) is 0 Å². The lowest BCUT2D eigenvalue weighted by atomic mass is 10.0. The summed E-state index contributed by atoms with van der Waals surface area (Å²) in [7, 11) is 2.16. The summed E-state index contributed by atoms with van der Waals surface area (Å²) >= 11 is 6.29. The molecule has 1 fully saturated rings. The van der Waals surface area contributed by atoms with E-state index >= 15 is 0 Å². The molecule has 1 aliphatic rings. The molecule has 1 saturated heterocycles. The van der Waals surface area contributed by atoms with Gasteiger partial charge in [-0.05, 0) is 30.8 Å². The van der Waals surface area contributed by atoms with Gasteiger partial charge in [0, 0.05) is 55.4 Å². The van der Waals surface area contributed by atoms with E-state index in [4.69, 9.17) is 17.3 Å². The average Bonchev–Trinajstić information content (AvgIpc) is 2.52. The largest absolute Gasteiger partial charge is 0.329 e. The van der Waals surface area contributed by atoms with Crippen LogP contribution >= 0.6 is 11.6 Å². The number of nitrogens with zero attached hydrogens (tertiary/aromatic N) is 3. The van der Waals surface area contributed by atoms with Crippen molar-refractivity contribution < 1.29 is 0 Å². The zero-order valence-corrected chi connectivity index (χ0v) is 13.1. The van der Waals surface area contributed by atoms with Crippen molar-refractivity contribution >= 4 is 22.5 Å². The topological polar surface area (TPSA) is 45.4 Å². The fraction of sp³-hybridized carbons (Fsp3) is 0.438. The fourth-order valence-corrected chi connectivity index (χ4v) is 3.25. The number of piperazine rings is 1. The summed E-state index contributed by atoms with van der Waals surface area (Å²) in [5.41, 5.74) is 8.24. The second-order valence-corrected chi connectivity index (χ2v) is 6.03. The average molecular weight is 305 g/mol. The molecular weight excluding hydrogens is 284 g/mol. The van der Waals surface area contributed by atoms with E-state index in [1.54, 1.807) is 0 Å². The molecule has 0 amide bonds. The molecule has 0 saturated carbocycles. The summed E-state index contributed by atoms with van der Waals surface area (Å²) in [6.07, 6.45) is 1.82. The van der Waals surface area contributed by atoms with Crippen LogP contribution in [0.1, 0.15) is 11.6 Å². The molecule has 4 nitrogen and oxygen atoms in total. The number of hydrogen-bond donors (Lipinski definition) is 1. The van der Waals surface area contributed by atoms with Gasteiger partial charge in [0.05, 0.1) is 5.52 Å². The molecule has 2 heterocycles. The predicted molar refractivity (Wildman–Crippen MR) is 87.6 cm³/mol. The van der Waals surface area contributed by atoms with Crippen LogP contribution in [0.3, 0.4) is 0 Å². The molecule has 2 aromatic rings. The highest BCUT2D eigenvalue weighted by atomic mass is 35.5. The van der Waals surface area contributed by atoms with Gasteiger partial charge in [-0.25, -0.2) is 0 Å². The quantitative estimate of drug-likeness (QED) is 0.943. The number of halogens is 1. The maximum atomic E-state index is 6.29. The summed E-state index contributed by atoms with van der Waals surface area (Å²) in [5.74, 6) is 0. The van der Waals surface area contributed by atoms with Crippen molar-refractivity contribution in [3.63, 3.8) is 0 Å². The zero-order valence-electron chi connectivity index (χ0n) is 12.3. The monoisotopic (exact) mass is 304 g/mol. The molecule has 2 N–H and O–H groups in total. The summed E-state index contributed by atoms with van der Waals surface area (Å²) in [4.78, 5) is 9.35. The third-order valence-electron chi connectivity index (χ3n) is 4.31. The van der Waals surface area contributed by atoms with Crippen molar-refractivity contribution in [2.45, 2.75) is 6.04 Å². The number of nitrogens with two attached hydrogens (primary N) is 1. The van der Waals surface area contributed by atoms with E-state index in [1.165, 1.54) is 5.56 Å². The lowest BCUT2D eigenvalue weighted by Gasteiger charge is -2.38. The Kier molecular flexibility index (Phi) is 4.40. The van der Waals surface area contributed by atoms with Crippen LogP contribution in [0.5, 0.6) is 0 Å². The summed E-state index contributed by atoms with van der Waals surface area (Å²) < 4.78 is 0. The maximum Gasteiger partial charge on any atom is 0.0765 e. The molecule has 1 aliphatic heterocycles. The van der Waals surface area contributed by atoms with Crippen LogP contribution < -0.4 is 5.73 Å². The van der Waals surface area contributed by atoms with Gasteiger partial charge in [-0.15, -0.1) is 0 Å². The summed E-state index contributed by atoms with van der Waals surface area (Å²) in [6.45, 7) is 4.83. The van der Waals surface area contributed by atoms with Crippen LogP contribution in [0.15, 0.2) is 30.5 Å². The Morgan fingerprint density at radius 2 is 2.00 bits per heavy atom. The Morgan fingerprint density at radius 1 is 1.24 bits per heavy atom. The lowest BCUT2D eigenvalue weighted by Crippen LogP contribution is -2.47. The predicted octanol–water partition coefficient (Wildman–Crippen LogP) is 2.14. The number of benzene rings is 1. The second kappa shape index (κ2) is 6.28. The highest BCUT2D eigenvalue weighted by Gasteiger charge is 2.24. The Hall–Kier alpha value is -1.20. The summed E-state index contributed by atoms with van der Waals surface area (Å²) in [6, 6.07) is 8.18. The zero-order chi connectivity index (χ0) is 14.8. The number of fused-ring (bicyclic) bond motifs is 1. The molecule has 112 valence electrons. The van der Waals surface area contributed by atoms with Crippen molar-refractivity contribution in [2.24, 2.45) is 5.73 Å². The Bertz CT molecular complexity index is 623. The highest BCUT2D eigenvalue weighted by molar-refractivity contribution is 6.35. The third kappa shape index (κ3) is 2.90. The van der Waals surface area contributed by atoms with Gasteiger partial charge < -0.3 is 10.6 Å². The minimum atomic E-state index is 0.202. The normalized spacial score (nSPS) is 19.0. The van der Waals surface area contributed by atoms with E-state index in [2.05, 4.69) is 27.9 Å². The lowest BCUT2D eigenvalue weighted by molar-refractivity contribution is 0.115. The highest BCUT2D eigenvalue weighted by Crippen LogP contribution is 2.31. The van der Waals surface area contributed by atoms with Gasteiger partial charge in [0.15, 0.2) is 0 Å². The van der Waals surface area contributed by atoms with Crippen LogP contribution in [0.25, 0.3) is 10.9 Å². The molecule has 1 unspecified atom stereocenters. The standard InChI is InChI=1S/C16H21ClN4/c1-20-7-9-21(10-8-20)15(11-18)13-4-5-14(17)12-3-2-6-19-16(12)13/h2-6,15H,7-11,18H2,1H3. The minimum absolute atomic E-state index is 0.202. The van der Waals surface area contributed by atoms with Gasteiger partial charge in [-0.3, -0.25) is 9.88 Å². The molecule has 0 bridgehead atoms. The van der Waals surface area contributed by atoms with Crippen molar-refractivity contribution in [1.29, 1.82) is 0 Å². The molecular formula is C16H21ClN4. The molecule has 5 heteroatoms. The molecule has 1 atom stereocenters. The number of aromatic nitrogens is 1.